The highest BCUT2D eigenvalue weighted by atomic mass is 32.1. The molecule has 1 fully saturated rings. The number of aliphatic hydroxyl groups excluding tert-OH is 1. The fourth-order valence-corrected chi connectivity index (χ4v) is 3.14. The molecule has 3 atom stereocenters. The highest BCUT2D eigenvalue weighted by Gasteiger charge is 2.43. The molecule has 7 nitrogen and oxygen atoms in total. The van der Waals surface area contributed by atoms with E-state index >= 15 is 0 Å². The number of anilines is 1. The number of nitrogens with one attached hydrogen (secondary N) is 1. The fourth-order valence-electron chi connectivity index (χ4n) is 2.21. The van der Waals surface area contributed by atoms with Gasteiger partial charge in [-0.25, -0.2) is 9.78 Å². The van der Waals surface area contributed by atoms with Crippen LogP contribution in [0.15, 0.2) is 5.38 Å². The minimum atomic E-state index is -1.17. The number of rotatable bonds is 3. The van der Waals surface area contributed by atoms with Crippen LogP contribution in [0.4, 0.5) is 10.6 Å². The molecule has 8 heteroatoms. The molecule has 0 radical (unpaired) electrons. The minimum Gasteiger partial charge on any atom is -0.465 e. The Morgan fingerprint density at radius 1 is 1.79 bits per heavy atom. The molecule has 1 saturated heterocycles. The maximum atomic E-state index is 10.6. The number of nitrogens with zero attached hydrogens (tertiary/aromatic N) is 1. The van der Waals surface area contributed by atoms with Crippen molar-refractivity contribution >= 4 is 23.2 Å². The van der Waals surface area contributed by atoms with Crippen LogP contribution in [0.3, 0.4) is 0 Å². The molecule has 1 amide bonds. The first-order chi connectivity index (χ1) is 8.95. The van der Waals surface area contributed by atoms with Crippen molar-refractivity contribution in [2.24, 2.45) is 11.7 Å². The number of hydrogen-bond donors (Lipinski definition) is 4. The van der Waals surface area contributed by atoms with E-state index in [0.29, 0.717) is 11.4 Å². The topological polar surface area (TPSA) is 118 Å². The summed E-state index contributed by atoms with van der Waals surface area (Å²) in [4.78, 5) is 14.7. The Balaban J connectivity index is 2.22. The van der Waals surface area contributed by atoms with Gasteiger partial charge in [-0.3, -0.25) is 5.32 Å². The van der Waals surface area contributed by atoms with Gasteiger partial charge in [-0.2, -0.15) is 0 Å². The van der Waals surface area contributed by atoms with Crippen LogP contribution >= 0.6 is 11.3 Å². The normalized spacial score (nSPS) is 31.1. The summed E-state index contributed by atoms with van der Waals surface area (Å²) in [6, 6.07) is 0. The summed E-state index contributed by atoms with van der Waals surface area (Å²) in [5.41, 5.74) is 5.46. The standard InChI is InChI=1S/C11H17N3O4S/c1-6-2-7(3-15)11(12,5-18-6)9-13-8(4-19-9)14-10(16)17/h4,6-7,14-15H,2-3,5,12H2,1H3,(H,16,17)/t6-,7-,11-/m0/s1. The fraction of sp³-hybridized carbons (Fsp3) is 0.636. The monoisotopic (exact) mass is 287 g/mol. The Kier molecular flexibility index (Phi) is 4.04. The average molecular weight is 287 g/mol. The van der Waals surface area contributed by atoms with Gasteiger partial charge in [0.2, 0.25) is 0 Å². The molecule has 0 unspecified atom stereocenters. The Bertz CT molecular complexity index is 467. The van der Waals surface area contributed by atoms with Gasteiger partial charge < -0.3 is 20.7 Å². The predicted octanol–water partition coefficient (Wildman–Crippen LogP) is 0.804. The van der Waals surface area contributed by atoms with E-state index in [2.05, 4.69) is 10.3 Å². The van der Waals surface area contributed by atoms with Crippen molar-refractivity contribution in [3.05, 3.63) is 10.4 Å². The van der Waals surface area contributed by atoms with E-state index in [-0.39, 0.29) is 31.1 Å². The van der Waals surface area contributed by atoms with E-state index in [9.17, 15) is 9.90 Å². The van der Waals surface area contributed by atoms with Gasteiger partial charge in [0.05, 0.1) is 18.2 Å². The second-order valence-corrected chi connectivity index (χ2v) is 5.60. The molecule has 0 saturated carbocycles. The third-order valence-electron chi connectivity index (χ3n) is 3.31. The first-order valence-electron chi connectivity index (χ1n) is 5.93. The number of carbonyl (C=O) groups is 1. The average Bonchev–Trinajstić information content (AvgIpc) is 2.80. The zero-order chi connectivity index (χ0) is 14.0. The molecule has 1 aliphatic heterocycles. The van der Waals surface area contributed by atoms with E-state index in [1.54, 1.807) is 5.38 Å². The van der Waals surface area contributed by atoms with Gasteiger partial charge in [-0.15, -0.1) is 11.3 Å². The molecule has 19 heavy (non-hydrogen) atoms. The van der Waals surface area contributed by atoms with Crippen molar-refractivity contribution in [2.45, 2.75) is 25.0 Å². The molecule has 0 bridgehead atoms. The number of hydrogen-bond acceptors (Lipinski definition) is 6. The summed E-state index contributed by atoms with van der Waals surface area (Å²) in [7, 11) is 0. The molecular formula is C11H17N3O4S. The third kappa shape index (κ3) is 2.86. The zero-order valence-corrected chi connectivity index (χ0v) is 11.3. The minimum absolute atomic E-state index is 0.0467. The maximum absolute atomic E-state index is 10.6. The van der Waals surface area contributed by atoms with Crippen molar-refractivity contribution in [1.82, 2.24) is 4.98 Å². The van der Waals surface area contributed by atoms with E-state index in [1.807, 2.05) is 6.92 Å². The van der Waals surface area contributed by atoms with Crippen molar-refractivity contribution in [3.8, 4) is 0 Å². The number of amides is 1. The van der Waals surface area contributed by atoms with Crippen LogP contribution < -0.4 is 11.1 Å². The lowest BCUT2D eigenvalue weighted by molar-refractivity contribution is -0.0669. The molecular weight excluding hydrogens is 270 g/mol. The van der Waals surface area contributed by atoms with Crippen LogP contribution in [0.2, 0.25) is 0 Å². The summed E-state index contributed by atoms with van der Waals surface area (Å²) in [5.74, 6) is 0.0905. The van der Waals surface area contributed by atoms with Gasteiger partial charge in [0.25, 0.3) is 0 Å². The largest absolute Gasteiger partial charge is 0.465 e. The van der Waals surface area contributed by atoms with Crippen molar-refractivity contribution in [3.63, 3.8) is 0 Å². The second kappa shape index (κ2) is 5.41. The van der Waals surface area contributed by atoms with Gasteiger partial charge in [0.1, 0.15) is 10.8 Å². The molecule has 0 spiro atoms. The molecule has 5 N–H and O–H groups in total. The van der Waals surface area contributed by atoms with Crippen molar-refractivity contribution < 1.29 is 19.7 Å². The lowest BCUT2D eigenvalue weighted by Crippen LogP contribution is -2.54. The van der Waals surface area contributed by atoms with E-state index in [4.69, 9.17) is 15.6 Å². The highest BCUT2D eigenvalue weighted by Crippen LogP contribution is 2.37. The highest BCUT2D eigenvalue weighted by molar-refractivity contribution is 7.10. The molecule has 2 heterocycles. The SMILES string of the molecule is C[C@H]1C[C@@H](CO)[C@](N)(c2nc(NC(=O)O)cs2)CO1. The quantitative estimate of drug-likeness (QED) is 0.653. The number of nitrogens with two attached hydrogens (primary N) is 1. The Morgan fingerprint density at radius 2 is 2.53 bits per heavy atom. The van der Waals surface area contributed by atoms with E-state index < -0.39 is 11.6 Å². The van der Waals surface area contributed by atoms with E-state index in [0.717, 1.165) is 0 Å². The number of aliphatic hydroxyl groups is 1. The first-order valence-corrected chi connectivity index (χ1v) is 6.81. The summed E-state index contributed by atoms with van der Waals surface area (Å²) in [6.07, 6.45) is -0.477. The number of thiazole rings is 1. The molecule has 1 aromatic rings. The summed E-state index contributed by atoms with van der Waals surface area (Å²) in [5, 5.41) is 22.5. The van der Waals surface area contributed by atoms with Crippen LogP contribution in [0.5, 0.6) is 0 Å². The van der Waals surface area contributed by atoms with Crippen molar-refractivity contribution in [2.75, 3.05) is 18.5 Å². The van der Waals surface area contributed by atoms with Crippen LogP contribution in [0.25, 0.3) is 0 Å². The summed E-state index contributed by atoms with van der Waals surface area (Å²) < 4.78 is 5.56. The Morgan fingerprint density at radius 3 is 3.16 bits per heavy atom. The Hall–Kier alpha value is -1.22. The van der Waals surface area contributed by atoms with E-state index in [1.165, 1.54) is 11.3 Å². The molecule has 2 rings (SSSR count). The van der Waals surface area contributed by atoms with Crippen LogP contribution in [-0.2, 0) is 10.3 Å². The predicted molar refractivity (Wildman–Crippen MR) is 70.2 cm³/mol. The summed E-state index contributed by atoms with van der Waals surface area (Å²) in [6.45, 7) is 2.15. The summed E-state index contributed by atoms with van der Waals surface area (Å²) >= 11 is 1.26. The molecule has 106 valence electrons. The zero-order valence-electron chi connectivity index (χ0n) is 10.5. The molecule has 0 aliphatic carbocycles. The number of ether oxygens (including phenoxy) is 1. The number of aromatic nitrogens is 1. The molecule has 1 aromatic heterocycles. The third-order valence-corrected chi connectivity index (χ3v) is 4.35. The second-order valence-electron chi connectivity index (χ2n) is 4.75. The van der Waals surface area contributed by atoms with Gasteiger partial charge in [0.15, 0.2) is 0 Å². The van der Waals surface area contributed by atoms with Gasteiger partial charge in [-0.05, 0) is 13.3 Å². The van der Waals surface area contributed by atoms with Gasteiger partial charge >= 0.3 is 6.09 Å². The van der Waals surface area contributed by atoms with Crippen LogP contribution in [0, 0.1) is 5.92 Å². The Labute approximate surface area is 114 Å². The number of carboxylic acid groups (broad SMARTS) is 1. The first kappa shape index (κ1) is 14.2. The van der Waals surface area contributed by atoms with Crippen LogP contribution in [-0.4, -0.2) is 40.6 Å². The lowest BCUT2D eigenvalue weighted by atomic mass is 9.80. The van der Waals surface area contributed by atoms with Gasteiger partial charge in [-0.1, -0.05) is 0 Å². The maximum Gasteiger partial charge on any atom is 0.410 e. The van der Waals surface area contributed by atoms with Crippen LogP contribution in [0.1, 0.15) is 18.4 Å². The van der Waals surface area contributed by atoms with Crippen molar-refractivity contribution in [1.29, 1.82) is 0 Å². The van der Waals surface area contributed by atoms with Gasteiger partial charge in [0, 0.05) is 17.9 Å². The molecule has 0 aromatic carbocycles. The smallest absolute Gasteiger partial charge is 0.410 e. The molecule has 1 aliphatic rings. The lowest BCUT2D eigenvalue weighted by Gasteiger charge is -2.41.